The number of allylic oxidation sites excluding steroid dienone is 14. The molecule has 5 N–H and O–H groups in total. The van der Waals surface area contributed by atoms with Crippen molar-refractivity contribution in [2.75, 3.05) is 26.4 Å². The Balaban J connectivity index is 4.71. The Morgan fingerprint density at radius 3 is 1.73 bits per heavy atom. The molecule has 0 aromatic heterocycles. The summed E-state index contributed by atoms with van der Waals surface area (Å²) in [6.07, 6.45) is 44.6. The third-order valence-corrected chi connectivity index (χ3v) is 9.98. The van der Waals surface area contributed by atoms with Crippen molar-refractivity contribution in [1.29, 1.82) is 0 Å². The van der Waals surface area contributed by atoms with Crippen LogP contribution in [0.4, 0.5) is 0 Å². The summed E-state index contributed by atoms with van der Waals surface area (Å²) in [7, 11) is -9.73. The van der Waals surface area contributed by atoms with Gasteiger partial charge in [0.2, 0.25) is 0 Å². The molecule has 0 saturated heterocycles. The number of unbranched alkanes of at least 4 members (excludes halogenated alkanes) is 8. The van der Waals surface area contributed by atoms with Crippen LogP contribution in [0.15, 0.2) is 97.2 Å². The van der Waals surface area contributed by atoms with E-state index in [1.165, 1.54) is 19.3 Å². The number of hydrogen-bond donors (Lipinski definition) is 5. The van der Waals surface area contributed by atoms with E-state index >= 15 is 0 Å². The number of rotatable bonds is 40. The van der Waals surface area contributed by atoms with Crippen molar-refractivity contribution in [2.45, 2.75) is 154 Å². The third kappa shape index (κ3) is 43.6. The van der Waals surface area contributed by atoms with Crippen molar-refractivity contribution in [1.82, 2.24) is 0 Å². The minimum atomic E-state index is -4.88. The second-order valence-corrected chi connectivity index (χ2v) is 17.1. The highest BCUT2D eigenvalue weighted by Crippen LogP contribution is 2.43. The molecule has 0 aliphatic carbocycles. The van der Waals surface area contributed by atoms with Crippen molar-refractivity contribution in [3.05, 3.63) is 97.2 Å². The Bertz CT molecular complexity index is 1480. The number of aliphatic hydroxyl groups excluding tert-OH is 2. The van der Waals surface area contributed by atoms with Crippen LogP contribution in [-0.2, 0) is 41.8 Å². The molecule has 0 aromatic carbocycles. The minimum absolute atomic E-state index is 0.0510. The zero-order chi connectivity index (χ0) is 46.0. The molecule has 0 bridgehead atoms. The molecule has 0 aromatic rings. The molecule has 0 rings (SSSR count). The lowest BCUT2D eigenvalue weighted by Gasteiger charge is -2.20. The maximum absolute atomic E-state index is 12.7. The SMILES string of the molecule is CC/C=C/CC(O)/C=C/C=C/CCCCCCCC(=O)O[C@H](COC(=O)CC/C=C\C/C=C\C/C=C\C/C=C\C/C=C\CCCCC)COP(=O)(O)OC[C@@H](O)COP(=O)(O)O. The Labute approximate surface area is 371 Å². The fraction of sp³-hybridized carbons (Fsp3) is 0.609. The number of phosphoric acid groups is 2. The lowest BCUT2D eigenvalue weighted by molar-refractivity contribution is -0.161. The van der Waals surface area contributed by atoms with E-state index in [9.17, 15) is 33.8 Å². The number of carbonyl (C=O) groups is 2. The molecule has 2 unspecified atom stereocenters. The minimum Gasteiger partial charge on any atom is -0.462 e. The fourth-order valence-electron chi connectivity index (χ4n) is 5.19. The van der Waals surface area contributed by atoms with Gasteiger partial charge in [0, 0.05) is 12.8 Å². The molecule has 0 aliphatic heterocycles. The second kappa shape index (κ2) is 40.8. The predicted molar refractivity (Wildman–Crippen MR) is 245 cm³/mol. The van der Waals surface area contributed by atoms with E-state index in [2.05, 4.69) is 58.5 Å². The molecule has 14 nitrogen and oxygen atoms in total. The average molecular weight is 915 g/mol. The van der Waals surface area contributed by atoms with E-state index in [-0.39, 0.29) is 12.8 Å². The Hall–Kier alpha value is -3.00. The number of ether oxygens (including phenoxy) is 2. The van der Waals surface area contributed by atoms with Crippen molar-refractivity contribution >= 4 is 27.6 Å². The molecular weight excluding hydrogens is 838 g/mol. The first-order valence-corrected chi connectivity index (χ1v) is 25.1. The van der Waals surface area contributed by atoms with Crippen molar-refractivity contribution in [2.24, 2.45) is 0 Å². The van der Waals surface area contributed by atoms with Gasteiger partial charge in [-0.2, -0.15) is 0 Å². The van der Waals surface area contributed by atoms with Gasteiger partial charge in [0.1, 0.15) is 12.7 Å². The first-order chi connectivity index (χ1) is 29.8. The monoisotopic (exact) mass is 914 g/mol. The largest absolute Gasteiger partial charge is 0.472 e. The summed E-state index contributed by atoms with van der Waals surface area (Å²) in [5.41, 5.74) is 0. The molecule has 62 heavy (non-hydrogen) atoms. The number of hydrogen-bond acceptors (Lipinski definition) is 11. The summed E-state index contributed by atoms with van der Waals surface area (Å²) in [5.74, 6) is -1.19. The van der Waals surface area contributed by atoms with E-state index in [1.54, 1.807) is 6.08 Å². The van der Waals surface area contributed by atoms with Gasteiger partial charge in [-0.05, 0) is 77.0 Å². The van der Waals surface area contributed by atoms with Gasteiger partial charge in [0.15, 0.2) is 6.10 Å². The zero-order valence-corrected chi connectivity index (χ0v) is 38.8. The van der Waals surface area contributed by atoms with Crippen LogP contribution in [0.5, 0.6) is 0 Å². The summed E-state index contributed by atoms with van der Waals surface area (Å²) in [6, 6.07) is 0. The molecule has 16 heteroatoms. The highest BCUT2D eigenvalue weighted by Gasteiger charge is 2.28. The Morgan fingerprint density at radius 1 is 0.548 bits per heavy atom. The maximum atomic E-state index is 12.7. The van der Waals surface area contributed by atoms with Gasteiger partial charge >= 0.3 is 27.6 Å². The normalized spacial score (nSPS) is 15.4. The second-order valence-electron chi connectivity index (χ2n) is 14.4. The van der Waals surface area contributed by atoms with Crippen LogP contribution in [-0.4, -0.2) is 81.6 Å². The molecule has 0 heterocycles. The van der Waals surface area contributed by atoms with Crippen LogP contribution in [0.2, 0.25) is 0 Å². The molecule has 4 atom stereocenters. The topological polar surface area (TPSA) is 216 Å². The number of aliphatic hydroxyl groups is 2. The van der Waals surface area contributed by atoms with Crippen LogP contribution >= 0.6 is 15.6 Å². The van der Waals surface area contributed by atoms with Gasteiger partial charge in [0.25, 0.3) is 0 Å². The van der Waals surface area contributed by atoms with Crippen molar-refractivity contribution in [3.63, 3.8) is 0 Å². The summed E-state index contributed by atoms with van der Waals surface area (Å²) < 4.78 is 47.6. The quantitative estimate of drug-likeness (QED) is 0.0127. The Kier molecular flexibility index (Phi) is 38.8. The lowest BCUT2D eigenvalue weighted by Crippen LogP contribution is -2.29. The van der Waals surface area contributed by atoms with E-state index in [4.69, 9.17) is 23.8 Å². The van der Waals surface area contributed by atoms with E-state index in [0.29, 0.717) is 25.7 Å². The smallest absolute Gasteiger partial charge is 0.462 e. The molecule has 0 radical (unpaired) electrons. The summed E-state index contributed by atoms with van der Waals surface area (Å²) in [6.45, 7) is 1.38. The molecule has 0 amide bonds. The fourth-order valence-corrected chi connectivity index (χ4v) is 6.34. The third-order valence-electron chi connectivity index (χ3n) is 8.54. The van der Waals surface area contributed by atoms with Crippen LogP contribution in [0.1, 0.15) is 136 Å². The van der Waals surface area contributed by atoms with Crippen LogP contribution in [0.25, 0.3) is 0 Å². The molecule has 0 spiro atoms. The maximum Gasteiger partial charge on any atom is 0.472 e. The summed E-state index contributed by atoms with van der Waals surface area (Å²) in [4.78, 5) is 52.7. The van der Waals surface area contributed by atoms with Gasteiger partial charge in [-0.1, -0.05) is 143 Å². The van der Waals surface area contributed by atoms with E-state index in [1.807, 2.05) is 55.5 Å². The first kappa shape index (κ1) is 59.0. The van der Waals surface area contributed by atoms with Crippen molar-refractivity contribution < 1.29 is 66.7 Å². The average Bonchev–Trinajstić information content (AvgIpc) is 3.23. The predicted octanol–water partition coefficient (Wildman–Crippen LogP) is 10.3. The van der Waals surface area contributed by atoms with Crippen molar-refractivity contribution in [3.8, 4) is 0 Å². The van der Waals surface area contributed by atoms with Crippen LogP contribution in [0, 0.1) is 0 Å². The number of carbonyl (C=O) groups excluding carboxylic acids is 2. The standard InChI is InChI=1S/C46H76O14P2/c1-3-5-7-8-9-10-11-12-13-14-15-16-17-18-19-22-25-28-32-36-45(49)56-40-44(41-59-62(54,55)58-39-43(48)38-57-61(51,52)53)60-46(50)37-33-29-26-23-20-21-24-27-31-35-42(47)34-30-6-4-2/h6,9-10,12-13,15-16,18-19,24-25,27-28,30-31,35,42-44,47-48H,3-5,7-8,11,14,17,20-23,26,29,32-34,36-41H2,1-2H3,(H,54,55)(H2,51,52,53)/b10-9-,13-12-,16-15-,19-18-,27-24+,28-25-,30-6+,35-31+/t42?,43-,44+/m0/s1. The summed E-state index contributed by atoms with van der Waals surface area (Å²) >= 11 is 0. The zero-order valence-electron chi connectivity index (χ0n) is 37.0. The summed E-state index contributed by atoms with van der Waals surface area (Å²) in [5, 5.41) is 19.6. The van der Waals surface area contributed by atoms with E-state index < -0.39 is 72.3 Å². The van der Waals surface area contributed by atoms with Gasteiger partial charge in [0.05, 0.1) is 25.9 Å². The molecular formula is C46H76O14P2. The van der Waals surface area contributed by atoms with Gasteiger partial charge in [-0.3, -0.25) is 23.2 Å². The van der Waals surface area contributed by atoms with E-state index in [0.717, 1.165) is 64.2 Å². The van der Waals surface area contributed by atoms with Gasteiger partial charge in [-0.15, -0.1) is 0 Å². The van der Waals surface area contributed by atoms with Crippen LogP contribution in [0.3, 0.4) is 0 Å². The van der Waals surface area contributed by atoms with Gasteiger partial charge in [-0.25, -0.2) is 9.13 Å². The van der Waals surface area contributed by atoms with Gasteiger partial charge < -0.3 is 34.4 Å². The molecule has 0 fully saturated rings. The molecule has 354 valence electrons. The van der Waals surface area contributed by atoms with Crippen LogP contribution < -0.4 is 0 Å². The highest BCUT2D eigenvalue weighted by molar-refractivity contribution is 7.47. The Morgan fingerprint density at radius 2 is 1.10 bits per heavy atom. The molecule has 0 saturated carbocycles. The highest BCUT2D eigenvalue weighted by atomic mass is 31.2. The number of esters is 2. The number of phosphoric ester groups is 2. The lowest BCUT2D eigenvalue weighted by atomic mass is 10.1. The first-order valence-electron chi connectivity index (χ1n) is 22.0. The molecule has 0 aliphatic rings.